The molecule has 1 aliphatic rings. The molecule has 0 spiro atoms. The molecular weight excluding hydrogens is 616 g/mol. The van der Waals surface area contributed by atoms with Gasteiger partial charge >= 0.3 is 5.97 Å². The molecule has 0 bridgehead atoms. The Bertz CT molecular complexity index is 1080. The SMILES string of the molecule is CC(=O)O[C@H](CC[C@@H](O[C@@H]1O[C@H](CO)[C@@H](O)[C@H](O)[C@@H]1O)[C@@](C)(O)CC/C=C(\C)CCC=C(C)C)[C@@](C)(O)CC/C=C(\C)CCC=C(C)C. The Morgan fingerprint density at radius 2 is 1.17 bits per heavy atom. The van der Waals surface area contributed by atoms with E-state index in [0.717, 1.165) is 25.7 Å². The number of hydrogen-bond donors (Lipinski definition) is 6. The highest BCUT2D eigenvalue weighted by Crippen LogP contribution is 2.33. The Kier molecular flexibility index (Phi) is 19.6. The van der Waals surface area contributed by atoms with Gasteiger partial charge in [-0.15, -0.1) is 0 Å². The van der Waals surface area contributed by atoms with Crippen LogP contribution in [0.4, 0.5) is 0 Å². The summed E-state index contributed by atoms with van der Waals surface area (Å²) in [6.07, 6.45) is 4.67. The molecular formula is C38H66O10. The number of aliphatic hydroxyl groups excluding tert-OH is 4. The van der Waals surface area contributed by atoms with Crippen molar-refractivity contribution >= 4 is 5.97 Å². The van der Waals surface area contributed by atoms with E-state index in [1.54, 1.807) is 13.8 Å². The second-order valence-corrected chi connectivity index (χ2v) is 14.5. The summed E-state index contributed by atoms with van der Waals surface area (Å²) in [5, 5.41) is 64.3. The fourth-order valence-corrected chi connectivity index (χ4v) is 5.79. The zero-order valence-electron chi connectivity index (χ0n) is 30.9. The molecule has 0 radical (unpaired) electrons. The van der Waals surface area contributed by atoms with Crippen LogP contribution >= 0.6 is 0 Å². The summed E-state index contributed by atoms with van der Waals surface area (Å²) in [4.78, 5) is 12.1. The monoisotopic (exact) mass is 682 g/mol. The van der Waals surface area contributed by atoms with Crippen LogP contribution in [-0.4, -0.2) is 97.3 Å². The van der Waals surface area contributed by atoms with E-state index in [9.17, 15) is 35.4 Å². The molecule has 0 saturated carbocycles. The third-order valence-electron chi connectivity index (χ3n) is 9.00. The van der Waals surface area contributed by atoms with Crippen LogP contribution in [0.15, 0.2) is 46.6 Å². The molecule has 10 heteroatoms. The molecule has 0 unspecified atom stereocenters. The minimum Gasteiger partial charge on any atom is -0.460 e. The number of aliphatic hydroxyl groups is 6. The molecule has 1 rings (SSSR count). The lowest BCUT2D eigenvalue weighted by Crippen LogP contribution is -2.60. The number of ether oxygens (including phenoxy) is 3. The smallest absolute Gasteiger partial charge is 0.303 e. The number of allylic oxidation sites excluding steroid dienone is 8. The third-order valence-corrected chi connectivity index (χ3v) is 9.00. The van der Waals surface area contributed by atoms with Crippen LogP contribution in [0.5, 0.6) is 0 Å². The Hall–Kier alpha value is -1.89. The van der Waals surface area contributed by atoms with Gasteiger partial charge in [-0.25, -0.2) is 0 Å². The van der Waals surface area contributed by atoms with Gasteiger partial charge < -0.3 is 44.8 Å². The normalized spacial score (nSPS) is 25.8. The van der Waals surface area contributed by atoms with Gasteiger partial charge in [-0.2, -0.15) is 0 Å². The van der Waals surface area contributed by atoms with Gasteiger partial charge in [0.15, 0.2) is 6.29 Å². The van der Waals surface area contributed by atoms with Gasteiger partial charge in [0, 0.05) is 6.92 Å². The quantitative estimate of drug-likeness (QED) is 0.0688. The van der Waals surface area contributed by atoms with Gasteiger partial charge in [-0.05, 0) is 120 Å². The summed E-state index contributed by atoms with van der Waals surface area (Å²) in [7, 11) is 0. The maximum absolute atomic E-state index is 12.1. The summed E-state index contributed by atoms with van der Waals surface area (Å²) < 4.78 is 17.4. The van der Waals surface area contributed by atoms with Gasteiger partial charge in [0.25, 0.3) is 0 Å². The Labute approximate surface area is 289 Å². The number of carbonyl (C=O) groups excluding carboxylic acids is 1. The molecule has 0 aromatic heterocycles. The molecule has 10 nitrogen and oxygen atoms in total. The molecule has 48 heavy (non-hydrogen) atoms. The number of hydrogen-bond acceptors (Lipinski definition) is 10. The van der Waals surface area contributed by atoms with Crippen molar-refractivity contribution in [2.45, 2.75) is 181 Å². The Morgan fingerprint density at radius 3 is 1.60 bits per heavy atom. The van der Waals surface area contributed by atoms with Crippen molar-refractivity contribution in [2.24, 2.45) is 0 Å². The van der Waals surface area contributed by atoms with Crippen molar-refractivity contribution in [1.82, 2.24) is 0 Å². The average molecular weight is 683 g/mol. The van der Waals surface area contributed by atoms with Crippen LogP contribution in [-0.2, 0) is 19.0 Å². The lowest BCUT2D eigenvalue weighted by molar-refractivity contribution is -0.324. The predicted molar refractivity (Wildman–Crippen MR) is 188 cm³/mol. The van der Waals surface area contributed by atoms with Crippen LogP contribution in [0.2, 0.25) is 0 Å². The van der Waals surface area contributed by atoms with Gasteiger partial charge in [-0.3, -0.25) is 4.79 Å². The molecule has 1 aliphatic heterocycles. The van der Waals surface area contributed by atoms with Crippen molar-refractivity contribution in [3.8, 4) is 0 Å². The first-order valence-corrected chi connectivity index (χ1v) is 17.5. The third kappa shape index (κ3) is 16.2. The van der Waals surface area contributed by atoms with Crippen LogP contribution in [0.3, 0.4) is 0 Å². The molecule has 1 fully saturated rings. The van der Waals surface area contributed by atoms with E-state index >= 15 is 0 Å². The van der Waals surface area contributed by atoms with E-state index in [1.807, 2.05) is 6.92 Å². The molecule has 1 saturated heterocycles. The molecule has 1 heterocycles. The Morgan fingerprint density at radius 1 is 0.708 bits per heavy atom. The number of carbonyl (C=O) groups is 1. The fourth-order valence-electron chi connectivity index (χ4n) is 5.79. The maximum Gasteiger partial charge on any atom is 0.303 e. The lowest BCUT2D eigenvalue weighted by atomic mass is 9.85. The molecule has 6 N–H and O–H groups in total. The number of esters is 1. The van der Waals surface area contributed by atoms with E-state index in [4.69, 9.17) is 14.2 Å². The molecule has 0 aromatic carbocycles. The minimum absolute atomic E-state index is 0.0942. The van der Waals surface area contributed by atoms with E-state index in [1.165, 1.54) is 29.2 Å². The van der Waals surface area contributed by atoms with E-state index in [2.05, 4.69) is 58.9 Å². The second-order valence-electron chi connectivity index (χ2n) is 14.5. The van der Waals surface area contributed by atoms with Gasteiger partial charge in [0.2, 0.25) is 0 Å². The second kappa shape index (κ2) is 21.4. The topological polar surface area (TPSA) is 166 Å². The first-order chi connectivity index (χ1) is 22.3. The summed E-state index contributed by atoms with van der Waals surface area (Å²) >= 11 is 0. The summed E-state index contributed by atoms with van der Waals surface area (Å²) in [6, 6.07) is 0. The van der Waals surface area contributed by atoms with Crippen molar-refractivity contribution < 1.29 is 49.6 Å². The van der Waals surface area contributed by atoms with Crippen molar-refractivity contribution in [2.75, 3.05) is 6.61 Å². The van der Waals surface area contributed by atoms with Gasteiger partial charge in [0.1, 0.15) is 30.5 Å². The first-order valence-electron chi connectivity index (χ1n) is 17.5. The van der Waals surface area contributed by atoms with Crippen molar-refractivity contribution in [3.63, 3.8) is 0 Å². The van der Waals surface area contributed by atoms with Crippen LogP contribution in [0, 0.1) is 0 Å². The molecule has 9 atom stereocenters. The van der Waals surface area contributed by atoms with Crippen molar-refractivity contribution in [3.05, 3.63) is 46.6 Å². The predicted octanol–water partition coefficient (Wildman–Crippen LogP) is 5.33. The highest BCUT2D eigenvalue weighted by molar-refractivity contribution is 5.66. The van der Waals surface area contributed by atoms with E-state index in [0.29, 0.717) is 19.3 Å². The lowest BCUT2D eigenvalue weighted by Gasteiger charge is -2.43. The van der Waals surface area contributed by atoms with E-state index < -0.39 is 66.7 Å². The number of rotatable bonds is 21. The van der Waals surface area contributed by atoms with E-state index in [-0.39, 0.29) is 19.3 Å². The largest absolute Gasteiger partial charge is 0.460 e. The standard InChI is InChI=1S/C38H66O10/c1-25(2)14-10-16-27(5)18-12-22-37(8,44)31(46-29(7)40)20-21-32(48-36-35(43)34(42)33(41)30(24-39)47-36)38(9,45)23-13-19-28(6)17-11-15-26(3)4/h14-15,18-19,30-36,39,41-45H,10-13,16-17,20-24H2,1-9H3/b27-18+,28-19+/t30-,31-,32-,33-,34+,35+,36+,37+,38+/m1/s1. The summed E-state index contributed by atoms with van der Waals surface area (Å²) in [6.45, 7) is 16.2. The summed E-state index contributed by atoms with van der Waals surface area (Å²) in [5.74, 6) is -0.555. The zero-order valence-corrected chi connectivity index (χ0v) is 30.9. The summed E-state index contributed by atoms with van der Waals surface area (Å²) in [5.41, 5.74) is 2.04. The van der Waals surface area contributed by atoms with Crippen LogP contribution in [0.1, 0.15) is 127 Å². The highest BCUT2D eigenvalue weighted by Gasteiger charge is 2.47. The molecule has 0 amide bonds. The maximum atomic E-state index is 12.1. The first kappa shape index (κ1) is 44.1. The van der Waals surface area contributed by atoms with Crippen LogP contribution < -0.4 is 0 Å². The highest BCUT2D eigenvalue weighted by atomic mass is 16.7. The minimum atomic E-state index is -1.66. The van der Waals surface area contributed by atoms with Gasteiger partial charge in [0.05, 0.1) is 23.9 Å². The average Bonchev–Trinajstić information content (AvgIpc) is 2.97. The molecule has 0 aromatic rings. The van der Waals surface area contributed by atoms with Crippen LogP contribution in [0.25, 0.3) is 0 Å². The Balaban J connectivity index is 3.19. The molecule has 0 aliphatic carbocycles. The fraction of sp³-hybridized carbons (Fsp3) is 0.763. The molecule has 278 valence electrons. The van der Waals surface area contributed by atoms with Crippen molar-refractivity contribution in [1.29, 1.82) is 0 Å². The zero-order chi connectivity index (χ0) is 36.7. The van der Waals surface area contributed by atoms with Gasteiger partial charge in [-0.1, -0.05) is 46.6 Å².